The molecule has 3 rings (SSSR count). The number of nitrogens with zero attached hydrogens (tertiary/aromatic N) is 1. The highest BCUT2D eigenvalue weighted by Crippen LogP contribution is 2.23. The number of nitrogens with one attached hydrogen (secondary N) is 1. The molecule has 2 aromatic rings. The van der Waals surface area contributed by atoms with Crippen molar-refractivity contribution in [1.82, 2.24) is 9.88 Å². The third kappa shape index (κ3) is 2.84. The zero-order chi connectivity index (χ0) is 16.4. The molecular formula is C17H18N2O4. The number of H-pyrrole nitrogens is 1. The third-order valence-electron chi connectivity index (χ3n) is 4.19. The Bertz CT molecular complexity index is 749. The first-order chi connectivity index (χ1) is 11.1. The van der Waals surface area contributed by atoms with E-state index in [1.807, 2.05) is 24.3 Å². The Balaban J connectivity index is 1.95. The molecule has 0 aliphatic carbocycles. The predicted molar refractivity (Wildman–Crippen MR) is 83.5 cm³/mol. The zero-order valence-electron chi connectivity index (χ0n) is 12.9. The molecule has 1 aliphatic heterocycles. The zero-order valence-corrected chi connectivity index (χ0v) is 12.9. The summed E-state index contributed by atoms with van der Waals surface area (Å²) < 4.78 is 4.83. The smallest absolute Gasteiger partial charge is 0.329 e. The molecule has 23 heavy (non-hydrogen) atoms. The van der Waals surface area contributed by atoms with Gasteiger partial charge in [0.1, 0.15) is 6.04 Å². The minimum atomic E-state index is -0.917. The second-order valence-electron chi connectivity index (χ2n) is 5.61. The van der Waals surface area contributed by atoms with Gasteiger partial charge in [0.2, 0.25) is 11.8 Å². The van der Waals surface area contributed by atoms with Crippen LogP contribution in [0, 0.1) is 0 Å². The van der Waals surface area contributed by atoms with E-state index in [0.29, 0.717) is 6.42 Å². The summed E-state index contributed by atoms with van der Waals surface area (Å²) in [4.78, 5) is 40.7. The first-order valence-electron chi connectivity index (χ1n) is 7.59. The molecule has 0 bridgehead atoms. The fraction of sp³-hybridized carbons (Fsp3) is 0.353. The number of imide groups is 1. The van der Waals surface area contributed by atoms with Gasteiger partial charge in [-0.15, -0.1) is 0 Å². The number of esters is 1. The summed E-state index contributed by atoms with van der Waals surface area (Å²) in [5.74, 6) is -1.19. The van der Waals surface area contributed by atoms with Crippen LogP contribution in [0.25, 0.3) is 10.9 Å². The average Bonchev–Trinajstić information content (AvgIpc) is 2.96. The Morgan fingerprint density at radius 2 is 1.96 bits per heavy atom. The fourth-order valence-corrected chi connectivity index (χ4v) is 3.04. The normalized spacial score (nSPS) is 16.7. The summed E-state index contributed by atoms with van der Waals surface area (Å²) in [6, 6.07) is 6.78. The molecule has 2 heterocycles. The predicted octanol–water partition coefficient (Wildman–Crippen LogP) is 1.79. The molecule has 1 atom stereocenters. The van der Waals surface area contributed by atoms with E-state index in [-0.39, 0.29) is 31.1 Å². The first-order valence-corrected chi connectivity index (χ1v) is 7.59. The van der Waals surface area contributed by atoms with Gasteiger partial charge in [0.15, 0.2) is 0 Å². The lowest BCUT2D eigenvalue weighted by Crippen LogP contribution is -2.51. The maximum atomic E-state index is 12.2. The molecule has 1 N–H and O–H groups in total. The number of benzene rings is 1. The number of carbonyl (C=O) groups excluding carboxylic acids is 3. The van der Waals surface area contributed by atoms with Crippen molar-refractivity contribution in [1.29, 1.82) is 0 Å². The van der Waals surface area contributed by atoms with E-state index in [1.54, 1.807) is 6.20 Å². The van der Waals surface area contributed by atoms with Crippen LogP contribution in [0.5, 0.6) is 0 Å². The molecule has 0 radical (unpaired) electrons. The van der Waals surface area contributed by atoms with E-state index in [1.165, 1.54) is 7.11 Å². The Labute approximate surface area is 133 Å². The van der Waals surface area contributed by atoms with Crippen LogP contribution in [0.1, 0.15) is 24.8 Å². The van der Waals surface area contributed by atoms with Crippen molar-refractivity contribution in [3.63, 3.8) is 0 Å². The van der Waals surface area contributed by atoms with E-state index in [9.17, 15) is 14.4 Å². The summed E-state index contributed by atoms with van der Waals surface area (Å²) in [5.41, 5.74) is 1.82. The number of hydrogen-bond donors (Lipinski definition) is 1. The van der Waals surface area contributed by atoms with Crippen molar-refractivity contribution in [3.05, 3.63) is 36.0 Å². The van der Waals surface area contributed by atoms with Crippen molar-refractivity contribution in [2.24, 2.45) is 0 Å². The lowest BCUT2D eigenvalue weighted by atomic mass is 10.0. The van der Waals surface area contributed by atoms with Gasteiger partial charge in [-0.1, -0.05) is 18.2 Å². The Morgan fingerprint density at radius 3 is 2.65 bits per heavy atom. The van der Waals surface area contributed by atoms with Crippen LogP contribution in [0.4, 0.5) is 0 Å². The molecule has 6 nitrogen and oxygen atoms in total. The van der Waals surface area contributed by atoms with Gasteiger partial charge in [0, 0.05) is 36.4 Å². The number of para-hydroxylation sites is 1. The number of methoxy groups -OCH3 is 1. The van der Waals surface area contributed by atoms with Crippen molar-refractivity contribution in [2.45, 2.75) is 31.7 Å². The highest BCUT2D eigenvalue weighted by molar-refractivity contribution is 6.01. The molecule has 1 aliphatic rings. The Hall–Kier alpha value is -2.63. The fourth-order valence-electron chi connectivity index (χ4n) is 3.04. The van der Waals surface area contributed by atoms with Crippen LogP contribution in [0.3, 0.4) is 0 Å². The van der Waals surface area contributed by atoms with E-state index in [2.05, 4.69) is 4.98 Å². The number of ether oxygens (including phenoxy) is 1. The van der Waals surface area contributed by atoms with Crippen molar-refractivity contribution in [2.75, 3.05) is 7.11 Å². The number of aromatic amines is 1. The number of carbonyl (C=O) groups is 3. The molecule has 1 fully saturated rings. The lowest BCUT2D eigenvalue weighted by Gasteiger charge is -2.31. The van der Waals surface area contributed by atoms with Gasteiger partial charge in [-0.05, 0) is 18.1 Å². The van der Waals surface area contributed by atoms with E-state index in [4.69, 9.17) is 4.74 Å². The molecule has 2 amide bonds. The minimum absolute atomic E-state index is 0.244. The van der Waals surface area contributed by atoms with E-state index >= 15 is 0 Å². The third-order valence-corrected chi connectivity index (χ3v) is 4.19. The number of amides is 2. The number of aromatic nitrogens is 1. The Kier molecular flexibility index (Phi) is 4.14. The quantitative estimate of drug-likeness (QED) is 0.689. The van der Waals surface area contributed by atoms with Gasteiger partial charge in [0.05, 0.1) is 7.11 Å². The topological polar surface area (TPSA) is 79.5 Å². The van der Waals surface area contributed by atoms with Gasteiger partial charge in [-0.3, -0.25) is 14.5 Å². The highest BCUT2D eigenvalue weighted by Gasteiger charge is 2.37. The number of piperidine rings is 1. The maximum absolute atomic E-state index is 12.2. The second kappa shape index (κ2) is 6.24. The van der Waals surface area contributed by atoms with Crippen LogP contribution in [0.2, 0.25) is 0 Å². The molecule has 0 unspecified atom stereocenters. The van der Waals surface area contributed by atoms with Crippen LogP contribution < -0.4 is 0 Å². The van der Waals surface area contributed by atoms with Crippen molar-refractivity contribution >= 4 is 28.7 Å². The molecular weight excluding hydrogens is 296 g/mol. The van der Waals surface area contributed by atoms with E-state index < -0.39 is 12.0 Å². The molecule has 6 heteroatoms. The van der Waals surface area contributed by atoms with Crippen molar-refractivity contribution < 1.29 is 19.1 Å². The van der Waals surface area contributed by atoms with Crippen LogP contribution >= 0.6 is 0 Å². The number of rotatable bonds is 4. The van der Waals surface area contributed by atoms with Gasteiger partial charge < -0.3 is 9.72 Å². The summed E-state index contributed by atoms with van der Waals surface area (Å²) >= 11 is 0. The van der Waals surface area contributed by atoms with Crippen molar-refractivity contribution in [3.8, 4) is 0 Å². The van der Waals surface area contributed by atoms with Crippen LogP contribution in [-0.2, 0) is 25.5 Å². The lowest BCUT2D eigenvalue weighted by molar-refractivity contribution is -0.161. The monoisotopic (exact) mass is 314 g/mol. The van der Waals surface area contributed by atoms with Gasteiger partial charge >= 0.3 is 5.97 Å². The average molecular weight is 314 g/mol. The van der Waals surface area contributed by atoms with Gasteiger partial charge in [-0.25, -0.2) is 4.79 Å². The molecule has 1 aromatic heterocycles. The maximum Gasteiger partial charge on any atom is 0.329 e. The minimum Gasteiger partial charge on any atom is -0.467 e. The molecule has 0 saturated carbocycles. The number of likely N-dealkylation sites (tertiary alicyclic amines) is 1. The first kappa shape index (κ1) is 15.3. The van der Waals surface area contributed by atoms with Gasteiger partial charge in [-0.2, -0.15) is 0 Å². The SMILES string of the molecule is COC(=O)[C@H](Cc1c[nH]c2ccccc12)N1C(=O)CCCC1=O. The van der Waals surface area contributed by atoms with Crippen LogP contribution in [-0.4, -0.2) is 40.8 Å². The summed E-state index contributed by atoms with van der Waals surface area (Å²) in [5, 5.41) is 0.971. The Morgan fingerprint density at radius 1 is 1.26 bits per heavy atom. The van der Waals surface area contributed by atoms with E-state index in [0.717, 1.165) is 21.4 Å². The molecule has 120 valence electrons. The summed E-state index contributed by atoms with van der Waals surface area (Å²) in [6.45, 7) is 0. The summed E-state index contributed by atoms with van der Waals surface area (Å²) in [6.07, 6.45) is 3.16. The molecule has 1 aromatic carbocycles. The molecule has 1 saturated heterocycles. The van der Waals surface area contributed by atoms with Crippen LogP contribution in [0.15, 0.2) is 30.5 Å². The largest absolute Gasteiger partial charge is 0.467 e. The standard InChI is InChI=1S/C17H18N2O4/c1-23-17(22)14(19-15(20)7-4-8-16(19)21)9-11-10-18-13-6-3-2-5-12(11)13/h2-3,5-6,10,14,18H,4,7-9H2,1H3/t14-/m0/s1. The number of fused-ring (bicyclic) bond motifs is 1. The highest BCUT2D eigenvalue weighted by atomic mass is 16.5. The number of hydrogen-bond acceptors (Lipinski definition) is 4. The summed E-state index contributed by atoms with van der Waals surface area (Å²) in [7, 11) is 1.27. The van der Waals surface area contributed by atoms with Gasteiger partial charge in [0.25, 0.3) is 0 Å². The molecule has 0 spiro atoms. The second-order valence-corrected chi connectivity index (χ2v) is 5.61.